The number of nitrogens with two attached hydrogens (primary N) is 1. The van der Waals surface area contributed by atoms with E-state index in [-0.39, 0.29) is 30.7 Å². The van der Waals surface area contributed by atoms with Gasteiger partial charge in [-0.05, 0) is 42.3 Å². The van der Waals surface area contributed by atoms with Crippen LogP contribution in [0.2, 0.25) is 0 Å². The zero-order chi connectivity index (χ0) is 22.0. The van der Waals surface area contributed by atoms with Crippen LogP contribution in [-0.4, -0.2) is 25.0 Å². The Hall–Kier alpha value is -3.39. The standard InChI is InChI=1S/C23H21FN2O4S/c1-2-29-19-9-14(6-7-18(19)30-11-20(25)27)16-10-21(28)26-22-17(12-31-23(16)22)13-4-3-5-15(24)8-13/h3-9,12,16H,2,10-11H2,1H3,(H2,25,27)(H,26,28)/t16-/m1/s1. The average Bonchev–Trinajstić information content (AvgIpc) is 3.16. The first-order chi connectivity index (χ1) is 15.0. The molecule has 160 valence electrons. The molecular formula is C23H21FN2O4S. The largest absolute Gasteiger partial charge is 0.490 e. The van der Waals surface area contributed by atoms with E-state index in [1.165, 1.54) is 23.5 Å². The Balaban J connectivity index is 1.72. The number of amides is 2. The number of benzene rings is 2. The maximum atomic E-state index is 13.7. The molecule has 1 aliphatic heterocycles. The van der Waals surface area contributed by atoms with Crippen molar-refractivity contribution >= 4 is 28.8 Å². The van der Waals surface area contributed by atoms with Crippen molar-refractivity contribution in [3.8, 4) is 22.6 Å². The molecule has 1 atom stereocenters. The molecule has 0 bridgehead atoms. The fourth-order valence-electron chi connectivity index (χ4n) is 3.64. The predicted octanol–water partition coefficient (Wildman–Crippen LogP) is 4.29. The van der Waals surface area contributed by atoms with Crippen molar-refractivity contribution < 1.29 is 23.5 Å². The Morgan fingerprint density at radius 2 is 2.06 bits per heavy atom. The summed E-state index contributed by atoms with van der Waals surface area (Å²) in [7, 11) is 0. The Bertz CT molecular complexity index is 1140. The summed E-state index contributed by atoms with van der Waals surface area (Å²) < 4.78 is 24.9. The Morgan fingerprint density at radius 1 is 1.23 bits per heavy atom. The highest BCUT2D eigenvalue weighted by molar-refractivity contribution is 7.11. The third-order valence-corrected chi connectivity index (χ3v) is 6.06. The number of ether oxygens (including phenoxy) is 2. The van der Waals surface area contributed by atoms with Crippen molar-refractivity contribution in [2.24, 2.45) is 5.73 Å². The Kier molecular flexibility index (Phi) is 5.90. The van der Waals surface area contributed by atoms with Gasteiger partial charge in [0.25, 0.3) is 5.91 Å². The number of halogens is 1. The number of carbonyl (C=O) groups is 2. The summed E-state index contributed by atoms with van der Waals surface area (Å²) in [5.41, 5.74) is 8.27. The van der Waals surface area contributed by atoms with Crippen LogP contribution in [0.5, 0.6) is 11.5 Å². The molecule has 1 aliphatic rings. The number of primary amides is 1. The van der Waals surface area contributed by atoms with E-state index in [1.54, 1.807) is 12.1 Å². The molecular weight excluding hydrogens is 419 g/mol. The molecule has 2 amide bonds. The molecule has 0 aliphatic carbocycles. The highest BCUT2D eigenvalue weighted by Gasteiger charge is 2.31. The second kappa shape index (κ2) is 8.77. The van der Waals surface area contributed by atoms with Crippen LogP contribution in [0.4, 0.5) is 10.1 Å². The van der Waals surface area contributed by atoms with Crippen LogP contribution in [0.25, 0.3) is 11.1 Å². The van der Waals surface area contributed by atoms with Crippen LogP contribution in [0.15, 0.2) is 47.8 Å². The molecule has 1 aromatic heterocycles. The molecule has 0 fully saturated rings. The number of carbonyl (C=O) groups excluding carboxylic acids is 2. The van der Waals surface area contributed by atoms with Crippen molar-refractivity contribution in [2.75, 3.05) is 18.5 Å². The third-order valence-electron chi connectivity index (χ3n) is 4.97. The van der Waals surface area contributed by atoms with Crippen molar-refractivity contribution in [1.82, 2.24) is 0 Å². The number of hydrogen-bond acceptors (Lipinski definition) is 5. The van der Waals surface area contributed by atoms with E-state index in [4.69, 9.17) is 15.2 Å². The van der Waals surface area contributed by atoms with Crippen LogP contribution in [0.1, 0.15) is 29.7 Å². The molecule has 31 heavy (non-hydrogen) atoms. The minimum atomic E-state index is -0.580. The van der Waals surface area contributed by atoms with E-state index >= 15 is 0 Å². The topological polar surface area (TPSA) is 90.7 Å². The van der Waals surface area contributed by atoms with Gasteiger partial charge in [0.2, 0.25) is 5.91 Å². The number of thiophene rings is 1. The van der Waals surface area contributed by atoms with Gasteiger partial charge in [-0.3, -0.25) is 9.59 Å². The third kappa shape index (κ3) is 4.39. The van der Waals surface area contributed by atoms with E-state index < -0.39 is 5.91 Å². The molecule has 3 aromatic rings. The lowest BCUT2D eigenvalue weighted by molar-refractivity contribution is -0.120. The summed E-state index contributed by atoms with van der Waals surface area (Å²) in [4.78, 5) is 24.6. The molecule has 0 saturated heterocycles. The molecule has 6 nitrogen and oxygen atoms in total. The zero-order valence-electron chi connectivity index (χ0n) is 16.8. The van der Waals surface area contributed by atoms with Crippen LogP contribution in [0, 0.1) is 5.82 Å². The van der Waals surface area contributed by atoms with Gasteiger partial charge >= 0.3 is 0 Å². The van der Waals surface area contributed by atoms with E-state index in [0.29, 0.717) is 29.4 Å². The Morgan fingerprint density at radius 3 is 2.81 bits per heavy atom. The van der Waals surface area contributed by atoms with Gasteiger partial charge in [0.05, 0.1) is 12.3 Å². The van der Waals surface area contributed by atoms with Crippen LogP contribution >= 0.6 is 11.3 Å². The molecule has 0 radical (unpaired) electrons. The molecule has 0 spiro atoms. The van der Waals surface area contributed by atoms with Crippen molar-refractivity contribution in [2.45, 2.75) is 19.3 Å². The van der Waals surface area contributed by atoms with Gasteiger partial charge in [-0.15, -0.1) is 11.3 Å². The molecule has 0 saturated carbocycles. The van der Waals surface area contributed by atoms with Crippen molar-refractivity contribution in [3.63, 3.8) is 0 Å². The number of hydrogen-bond donors (Lipinski definition) is 2. The molecule has 2 heterocycles. The minimum absolute atomic E-state index is 0.111. The van der Waals surface area contributed by atoms with E-state index in [2.05, 4.69) is 5.32 Å². The number of anilines is 1. The minimum Gasteiger partial charge on any atom is -0.490 e. The first-order valence-corrected chi connectivity index (χ1v) is 10.7. The van der Waals surface area contributed by atoms with E-state index in [0.717, 1.165) is 16.0 Å². The van der Waals surface area contributed by atoms with Gasteiger partial charge in [0.15, 0.2) is 18.1 Å². The summed E-state index contributed by atoms with van der Waals surface area (Å²) in [5, 5.41) is 4.89. The van der Waals surface area contributed by atoms with Gasteiger partial charge < -0.3 is 20.5 Å². The Labute approximate surface area is 182 Å². The average molecular weight is 440 g/mol. The fraction of sp³-hybridized carbons (Fsp3) is 0.217. The molecule has 0 unspecified atom stereocenters. The summed E-state index contributed by atoms with van der Waals surface area (Å²) in [6.45, 7) is 2.01. The summed E-state index contributed by atoms with van der Waals surface area (Å²) in [6.07, 6.45) is 0.281. The van der Waals surface area contributed by atoms with Crippen molar-refractivity contribution in [3.05, 3.63) is 64.1 Å². The second-order valence-electron chi connectivity index (χ2n) is 7.10. The van der Waals surface area contributed by atoms with Gasteiger partial charge in [-0.1, -0.05) is 18.2 Å². The van der Waals surface area contributed by atoms with Gasteiger partial charge in [-0.2, -0.15) is 0 Å². The highest BCUT2D eigenvalue weighted by Crippen LogP contribution is 2.47. The summed E-state index contributed by atoms with van der Waals surface area (Å²) in [6, 6.07) is 11.7. The first kappa shape index (κ1) is 20.9. The second-order valence-corrected chi connectivity index (χ2v) is 8.01. The van der Waals surface area contributed by atoms with Crippen LogP contribution in [-0.2, 0) is 9.59 Å². The number of rotatable bonds is 7. The lowest BCUT2D eigenvalue weighted by Gasteiger charge is -2.25. The SMILES string of the molecule is CCOc1cc([C@H]2CC(=O)Nc3c(-c4cccc(F)c4)csc32)ccc1OCC(N)=O. The number of fused-ring (bicyclic) bond motifs is 1. The quantitative estimate of drug-likeness (QED) is 0.573. The number of nitrogens with one attached hydrogen (secondary N) is 1. The fourth-order valence-corrected chi connectivity index (χ4v) is 4.80. The highest BCUT2D eigenvalue weighted by atomic mass is 32.1. The van der Waals surface area contributed by atoms with E-state index in [1.807, 2.05) is 30.5 Å². The lowest BCUT2D eigenvalue weighted by Crippen LogP contribution is -2.22. The lowest BCUT2D eigenvalue weighted by atomic mass is 9.89. The van der Waals surface area contributed by atoms with Gasteiger partial charge in [0, 0.05) is 28.2 Å². The maximum Gasteiger partial charge on any atom is 0.255 e. The monoisotopic (exact) mass is 440 g/mol. The molecule has 8 heteroatoms. The van der Waals surface area contributed by atoms with Gasteiger partial charge in [-0.25, -0.2) is 4.39 Å². The molecule has 3 N–H and O–H groups in total. The maximum absolute atomic E-state index is 13.7. The van der Waals surface area contributed by atoms with Gasteiger partial charge in [0.1, 0.15) is 5.82 Å². The zero-order valence-corrected chi connectivity index (χ0v) is 17.6. The van der Waals surface area contributed by atoms with E-state index in [9.17, 15) is 14.0 Å². The van der Waals surface area contributed by atoms with Crippen LogP contribution < -0.4 is 20.5 Å². The van der Waals surface area contributed by atoms with Crippen molar-refractivity contribution in [1.29, 1.82) is 0 Å². The normalized spacial score (nSPS) is 15.2. The first-order valence-electron chi connectivity index (χ1n) is 9.81. The summed E-state index contributed by atoms with van der Waals surface area (Å²) in [5.74, 6) is -0.305. The smallest absolute Gasteiger partial charge is 0.255 e. The van der Waals surface area contributed by atoms with Crippen LogP contribution in [0.3, 0.4) is 0 Å². The predicted molar refractivity (Wildman–Crippen MR) is 117 cm³/mol. The molecule has 2 aromatic carbocycles. The molecule has 4 rings (SSSR count). The summed E-state index contributed by atoms with van der Waals surface area (Å²) >= 11 is 1.52.